The molecule has 2 aromatic rings. The van der Waals surface area contributed by atoms with Crippen LogP contribution in [0.3, 0.4) is 0 Å². The van der Waals surface area contributed by atoms with Gasteiger partial charge in [0, 0.05) is 29.6 Å². The number of rotatable bonds is 6. The van der Waals surface area contributed by atoms with Crippen molar-refractivity contribution in [3.05, 3.63) is 58.3 Å². The van der Waals surface area contributed by atoms with Gasteiger partial charge in [-0.25, -0.2) is 0 Å². The van der Waals surface area contributed by atoms with Gasteiger partial charge < -0.3 is 10.6 Å². The Hall–Kier alpha value is -2.18. The second-order valence-electron chi connectivity index (χ2n) is 6.25. The molecule has 0 unspecified atom stereocenters. The maximum atomic E-state index is 12.2. The molecule has 1 aliphatic rings. The van der Waals surface area contributed by atoms with Crippen molar-refractivity contribution in [3.63, 3.8) is 0 Å². The highest BCUT2D eigenvalue weighted by atomic mass is 32.1. The van der Waals surface area contributed by atoms with Crippen LogP contribution in [0.25, 0.3) is 0 Å². The molecule has 2 amide bonds. The maximum Gasteiger partial charge on any atom is 0.251 e. The fourth-order valence-electron chi connectivity index (χ4n) is 2.95. The third kappa shape index (κ3) is 5.41. The zero-order chi connectivity index (χ0) is 17.5. The predicted octanol–water partition coefficient (Wildman–Crippen LogP) is 2.26. The number of carbonyl (C=O) groups is 2. The Morgan fingerprint density at radius 1 is 1.08 bits per heavy atom. The Balaban J connectivity index is 1.37. The van der Waals surface area contributed by atoms with E-state index in [9.17, 15) is 9.59 Å². The van der Waals surface area contributed by atoms with Crippen LogP contribution in [0, 0.1) is 0 Å². The standard InChI is InChI=1S/C19H23N3O2S/c23-18(20-13-17-7-4-12-25-17)14-22-10-8-16(9-11-22)21-19(24)15-5-2-1-3-6-15/h1-7,12,16H,8-11,13-14H2,(H,20,23)(H,21,24). The van der Waals surface area contributed by atoms with Gasteiger partial charge in [0.05, 0.1) is 13.1 Å². The topological polar surface area (TPSA) is 61.4 Å². The van der Waals surface area contributed by atoms with E-state index in [1.165, 1.54) is 0 Å². The van der Waals surface area contributed by atoms with Gasteiger partial charge in [0.2, 0.25) is 5.91 Å². The van der Waals surface area contributed by atoms with Crippen LogP contribution < -0.4 is 10.6 Å². The first-order valence-corrected chi connectivity index (χ1v) is 9.46. The molecule has 3 rings (SSSR count). The Morgan fingerprint density at radius 2 is 1.84 bits per heavy atom. The second kappa shape index (κ2) is 8.78. The van der Waals surface area contributed by atoms with E-state index >= 15 is 0 Å². The summed E-state index contributed by atoms with van der Waals surface area (Å²) >= 11 is 1.65. The molecule has 6 heteroatoms. The fraction of sp³-hybridized carbons (Fsp3) is 0.368. The Labute approximate surface area is 152 Å². The van der Waals surface area contributed by atoms with Gasteiger partial charge in [0.15, 0.2) is 0 Å². The maximum absolute atomic E-state index is 12.2. The van der Waals surface area contributed by atoms with Crippen LogP contribution in [0.5, 0.6) is 0 Å². The fourth-order valence-corrected chi connectivity index (χ4v) is 3.60. The van der Waals surface area contributed by atoms with Crippen molar-refractivity contribution < 1.29 is 9.59 Å². The summed E-state index contributed by atoms with van der Waals surface area (Å²) in [6.07, 6.45) is 1.74. The van der Waals surface area contributed by atoms with E-state index in [0.29, 0.717) is 18.7 Å². The number of hydrogen-bond acceptors (Lipinski definition) is 4. The third-order valence-corrected chi connectivity index (χ3v) is 5.24. The van der Waals surface area contributed by atoms with E-state index in [0.717, 1.165) is 30.8 Å². The molecule has 0 radical (unpaired) electrons. The van der Waals surface area contributed by atoms with Crippen molar-refractivity contribution in [2.45, 2.75) is 25.4 Å². The molecule has 1 aliphatic heterocycles. The number of thiophene rings is 1. The summed E-state index contributed by atoms with van der Waals surface area (Å²) in [6, 6.07) is 13.5. The van der Waals surface area contributed by atoms with Gasteiger partial charge in [-0.15, -0.1) is 11.3 Å². The van der Waals surface area contributed by atoms with Crippen molar-refractivity contribution in [3.8, 4) is 0 Å². The molecule has 1 fully saturated rings. The number of nitrogens with zero attached hydrogens (tertiary/aromatic N) is 1. The van der Waals surface area contributed by atoms with Gasteiger partial charge in [-0.05, 0) is 36.4 Å². The summed E-state index contributed by atoms with van der Waals surface area (Å²) < 4.78 is 0. The second-order valence-corrected chi connectivity index (χ2v) is 7.28. The first-order chi connectivity index (χ1) is 12.2. The minimum Gasteiger partial charge on any atom is -0.350 e. The van der Waals surface area contributed by atoms with E-state index in [1.807, 2.05) is 47.8 Å². The van der Waals surface area contributed by atoms with Gasteiger partial charge in [-0.3, -0.25) is 14.5 Å². The van der Waals surface area contributed by atoms with Crippen LogP contribution in [-0.4, -0.2) is 42.4 Å². The predicted molar refractivity (Wildman–Crippen MR) is 99.5 cm³/mol. The molecule has 1 saturated heterocycles. The van der Waals surface area contributed by atoms with Crippen LogP contribution in [0.2, 0.25) is 0 Å². The molecule has 0 saturated carbocycles. The van der Waals surface area contributed by atoms with E-state index < -0.39 is 0 Å². The zero-order valence-electron chi connectivity index (χ0n) is 14.1. The van der Waals surface area contributed by atoms with Crippen molar-refractivity contribution in [1.29, 1.82) is 0 Å². The highest BCUT2D eigenvalue weighted by Crippen LogP contribution is 2.11. The summed E-state index contributed by atoms with van der Waals surface area (Å²) in [5.41, 5.74) is 0.692. The molecule has 0 atom stereocenters. The van der Waals surface area contributed by atoms with Crippen LogP contribution in [0.15, 0.2) is 47.8 Å². The smallest absolute Gasteiger partial charge is 0.251 e. The van der Waals surface area contributed by atoms with Crippen LogP contribution in [0.4, 0.5) is 0 Å². The van der Waals surface area contributed by atoms with Crippen LogP contribution in [0.1, 0.15) is 28.1 Å². The Kier molecular flexibility index (Phi) is 6.19. The summed E-state index contributed by atoms with van der Waals surface area (Å²) in [5.74, 6) is 0.0351. The van der Waals surface area contributed by atoms with E-state index in [4.69, 9.17) is 0 Å². The lowest BCUT2D eigenvalue weighted by Crippen LogP contribution is -2.47. The van der Waals surface area contributed by atoms with Crippen molar-refractivity contribution in [2.24, 2.45) is 0 Å². The summed E-state index contributed by atoms with van der Waals surface area (Å²) in [6.45, 7) is 2.67. The molecule has 132 valence electrons. The molecule has 0 bridgehead atoms. The Bertz CT molecular complexity index is 680. The van der Waals surface area contributed by atoms with Gasteiger partial charge in [-0.1, -0.05) is 24.3 Å². The van der Waals surface area contributed by atoms with Crippen LogP contribution in [-0.2, 0) is 11.3 Å². The number of hydrogen-bond donors (Lipinski definition) is 2. The first-order valence-electron chi connectivity index (χ1n) is 8.58. The number of nitrogens with one attached hydrogen (secondary N) is 2. The number of carbonyl (C=O) groups excluding carboxylic acids is 2. The highest BCUT2D eigenvalue weighted by molar-refractivity contribution is 7.09. The average molecular weight is 357 g/mol. The molecule has 0 aliphatic carbocycles. The summed E-state index contributed by atoms with van der Waals surface area (Å²) in [4.78, 5) is 27.5. The quantitative estimate of drug-likeness (QED) is 0.834. The molecule has 2 N–H and O–H groups in total. The highest BCUT2D eigenvalue weighted by Gasteiger charge is 2.22. The first kappa shape index (κ1) is 17.6. The van der Waals surface area contributed by atoms with Gasteiger partial charge in [0.25, 0.3) is 5.91 Å². The minimum absolute atomic E-state index is 0.0206. The largest absolute Gasteiger partial charge is 0.350 e. The number of likely N-dealkylation sites (tertiary alicyclic amines) is 1. The lowest BCUT2D eigenvalue weighted by Gasteiger charge is -2.31. The van der Waals surface area contributed by atoms with Gasteiger partial charge >= 0.3 is 0 Å². The lowest BCUT2D eigenvalue weighted by atomic mass is 10.0. The molecule has 25 heavy (non-hydrogen) atoms. The van der Waals surface area contributed by atoms with Crippen molar-refractivity contribution >= 4 is 23.2 Å². The summed E-state index contributed by atoms with van der Waals surface area (Å²) in [7, 11) is 0. The van der Waals surface area contributed by atoms with E-state index in [2.05, 4.69) is 15.5 Å². The lowest BCUT2D eigenvalue weighted by molar-refractivity contribution is -0.122. The number of benzene rings is 1. The third-order valence-electron chi connectivity index (χ3n) is 4.37. The molecular weight excluding hydrogens is 334 g/mol. The minimum atomic E-state index is -0.0206. The zero-order valence-corrected chi connectivity index (χ0v) is 14.9. The molecule has 1 aromatic carbocycles. The van der Waals surface area contributed by atoms with Crippen molar-refractivity contribution in [1.82, 2.24) is 15.5 Å². The molecule has 1 aromatic heterocycles. The molecule has 2 heterocycles. The molecule has 0 spiro atoms. The van der Waals surface area contributed by atoms with Crippen molar-refractivity contribution in [2.75, 3.05) is 19.6 Å². The van der Waals surface area contributed by atoms with Gasteiger partial charge in [-0.2, -0.15) is 0 Å². The van der Waals surface area contributed by atoms with E-state index in [1.54, 1.807) is 11.3 Å². The number of amides is 2. The molecule has 5 nitrogen and oxygen atoms in total. The normalized spacial score (nSPS) is 15.7. The SMILES string of the molecule is O=C(CN1CCC(NC(=O)c2ccccc2)CC1)NCc1cccs1. The average Bonchev–Trinajstić information content (AvgIpc) is 3.16. The monoisotopic (exact) mass is 357 g/mol. The van der Waals surface area contributed by atoms with E-state index in [-0.39, 0.29) is 17.9 Å². The summed E-state index contributed by atoms with van der Waals surface area (Å²) in [5, 5.41) is 8.06. The van der Waals surface area contributed by atoms with Crippen LogP contribution >= 0.6 is 11.3 Å². The Morgan fingerprint density at radius 3 is 2.52 bits per heavy atom. The number of piperidine rings is 1. The molecular formula is C19H23N3O2S. The van der Waals surface area contributed by atoms with Gasteiger partial charge in [0.1, 0.15) is 0 Å².